The number of aryl methyl sites for hydroxylation is 1. The Morgan fingerprint density at radius 1 is 1.21 bits per heavy atom. The number of anilines is 1. The molecular weight excluding hydrogens is 340 g/mol. The molecule has 5 nitrogen and oxygen atoms in total. The number of benzene rings is 1. The molecule has 0 aliphatic heterocycles. The van der Waals surface area contributed by atoms with E-state index in [-0.39, 0.29) is 5.91 Å². The Kier molecular flexibility index (Phi) is 3.95. The molecule has 4 aromatic rings. The zero-order valence-electron chi connectivity index (χ0n) is 12.9. The predicted octanol–water partition coefficient (Wildman–Crippen LogP) is 3.98. The Morgan fingerprint density at radius 2 is 2.04 bits per heavy atom. The maximum atomic E-state index is 12.1. The first-order chi connectivity index (χ1) is 11.7. The van der Waals surface area contributed by atoms with E-state index >= 15 is 0 Å². The van der Waals surface area contributed by atoms with E-state index in [1.54, 1.807) is 11.3 Å². The molecule has 0 fully saturated rings. The van der Waals surface area contributed by atoms with E-state index in [1.165, 1.54) is 16.5 Å². The maximum absolute atomic E-state index is 12.1. The van der Waals surface area contributed by atoms with Crippen LogP contribution in [-0.2, 0) is 4.79 Å². The minimum absolute atomic E-state index is 0.0555. The number of hydrogen-bond acceptors (Lipinski definition) is 5. The highest BCUT2D eigenvalue weighted by atomic mass is 32.2. The van der Waals surface area contributed by atoms with Crippen LogP contribution >= 0.6 is 23.1 Å². The Hall–Kier alpha value is -2.38. The Labute approximate surface area is 146 Å². The number of nitrogens with one attached hydrogen (secondary N) is 1. The Balaban J connectivity index is 1.56. The number of aromatic nitrogens is 3. The van der Waals surface area contributed by atoms with Crippen molar-refractivity contribution in [3.05, 3.63) is 53.7 Å². The van der Waals surface area contributed by atoms with Gasteiger partial charge in [-0.05, 0) is 36.6 Å². The van der Waals surface area contributed by atoms with Gasteiger partial charge in [0.1, 0.15) is 10.9 Å². The number of carbonyl (C=O) groups excluding carboxylic acids is 1. The predicted molar refractivity (Wildman–Crippen MR) is 98.9 cm³/mol. The molecule has 120 valence electrons. The number of thioether (sulfide) groups is 1. The quantitative estimate of drug-likeness (QED) is 0.563. The lowest BCUT2D eigenvalue weighted by Crippen LogP contribution is -2.14. The lowest BCUT2D eigenvalue weighted by Gasteiger charge is -2.07. The first-order valence-electron chi connectivity index (χ1n) is 7.42. The Bertz CT molecular complexity index is 1020. The molecule has 0 saturated carbocycles. The summed E-state index contributed by atoms with van der Waals surface area (Å²) in [4.78, 5) is 12.1. The summed E-state index contributed by atoms with van der Waals surface area (Å²) >= 11 is 3.09. The molecular formula is C17H14N4OS2. The molecule has 1 aromatic carbocycles. The third kappa shape index (κ3) is 2.76. The number of nitrogens with zero attached hydrogens (tertiary/aromatic N) is 3. The average Bonchev–Trinajstić information content (AvgIpc) is 3.16. The van der Waals surface area contributed by atoms with Crippen LogP contribution in [0.5, 0.6) is 0 Å². The van der Waals surface area contributed by atoms with Gasteiger partial charge in [0.25, 0.3) is 0 Å². The van der Waals surface area contributed by atoms with Crippen LogP contribution in [0, 0.1) is 6.92 Å². The van der Waals surface area contributed by atoms with Crippen molar-refractivity contribution in [3.8, 4) is 0 Å². The van der Waals surface area contributed by atoms with Crippen LogP contribution in [0.1, 0.15) is 5.82 Å². The van der Waals surface area contributed by atoms with Gasteiger partial charge in [0.2, 0.25) is 5.91 Å². The van der Waals surface area contributed by atoms with Crippen LogP contribution in [0.15, 0.2) is 52.9 Å². The second kappa shape index (κ2) is 6.26. The van der Waals surface area contributed by atoms with Crippen molar-refractivity contribution in [1.82, 2.24) is 14.6 Å². The lowest BCUT2D eigenvalue weighted by molar-refractivity contribution is -0.113. The first kappa shape index (κ1) is 15.2. The number of rotatable bonds is 4. The van der Waals surface area contributed by atoms with Crippen LogP contribution < -0.4 is 5.32 Å². The molecule has 0 atom stereocenters. The number of carbonyl (C=O) groups is 1. The molecule has 0 unspecified atom stereocenters. The summed E-state index contributed by atoms with van der Waals surface area (Å²) < 4.78 is 3.29. The SMILES string of the molecule is Cc1nnc(SCC(=O)Nc2ccccc2)c2cc3sccc3n12. The monoisotopic (exact) mass is 354 g/mol. The van der Waals surface area contributed by atoms with Gasteiger partial charge in [0.05, 0.1) is 21.5 Å². The van der Waals surface area contributed by atoms with E-state index in [0.29, 0.717) is 5.75 Å². The van der Waals surface area contributed by atoms with Crippen molar-refractivity contribution in [2.24, 2.45) is 0 Å². The van der Waals surface area contributed by atoms with Crippen molar-refractivity contribution in [1.29, 1.82) is 0 Å². The highest BCUT2D eigenvalue weighted by Gasteiger charge is 2.14. The molecule has 0 saturated heterocycles. The van der Waals surface area contributed by atoms with Crippen LogP contribution in [0.25, 0.3) is 15.7 Å². The van der Waals surface area contributed by atoms with E-state index < -0.39 is 0 Å². The molecule has 4 rings (SSSR count). The van der Waals surface area contributed by atoms with Gasteiger partial charge in [-0.1, -0.05) is 30.0 Å². The number of thiophene rings is 1. The fourth-order valence-electron chi connectivity index (χ4n) is 2.60. The van der Waals surface area contributed by atoms with Crippen LogP contribution in [0.2, 0.25) is 0 Å². The van der Waals surface area contributed by atoms with Gasteiger partial charge in [-0.2, -0.15) is 0 Å². The molecule has 0 spiro atoms. The molecule has 0 radical (unpaired) electrons. The lowest BCUT2D eigenvalue weighted by atomic mass is 10.3. The smallest absolute Gasteiger partial charge is 0.234 e. The molecule has 3 aromatic heterocycles. The highest BCUT2D eigenvalue weighted by Crippen LogP contribution is 2.30. The van der Waals surface area contributed by atoms with Gasteiger partial charge in [0, 0.05) is 5.69 Å². The molecule has 3 heterocycles. The van der Waals surface area contributed by atoms with E-state index in [0.717, 1.165) is 27.6 Å². The van der Waals surface area contributed by atoms with E-state index in [2.05, 4.69) is 37.4 Å². The highest BCUT2D eigenvalue weighted by molar-refractivity contribution is 8.00. The minimum Gasteiger partial charge on any atom is -0.325 e. The largest absolute Gasteiger partial charge is 0.325 e. The number of amides is 1. The van der Waals surface area contributed by atoms with E-state index in [9.17, 15) is 4.79 Å². The molecule has 0 aliphatic rings. The standard InChI is InChI=1S/C17H14N4OS2/c1-11-19-20-17(14-9-15-13(21(11)14)7-8-23-15)24-10-16(22)18-12-5-3-2-4-6-12/h2-9H,10H2,1H3,(H,18,22). The molecule has 0 bridgehead atoms. The number of para-hydroxylation sites is 1. The van der Waals surface area contributed by atoms with E-state index in [4.69, 9.17) is 0 Å². The fourth-order valence-corrected chi connectivity index (χ4v) is 4.14. The Morgan fingerprint density at radius 3 is 2.88 bits per heavy atom. The second-order valence-corrected chi connectivity index (χ2v) is 7.20. The van der Waals surface area contributed by atoms with Crippen molar-refractivity contribution < 1.29 is 4.79 Å². The molecule has 1 amide bonds. The van der Waals surface area contributed by atoms with Crippen LogP contribution in [0.4, 0.5) is 5.69 Å². The third-order valence-corrected chi connectivity index (χ3v) is 5.47. The molecule has 0 aliphatic carbocycles. The van der Waals surface area contributed by atoms with Crippen molar-refractivity contribution in [2.75, 3.05) is 11.1 Å². The first-order valence-corrected chi connectivity index (χ1v) is 9.28. The summed E-state index contributed by atoms with van der Waals surface area (Å²) in [6, 6.07) is 13.6. The van der Waals surface area contributed by atoms with Gasteiger partial charge in [-0.3, -0.25) is 9.20 Å². The summed E-state index contributed by atoms with van der Waals surface area (Å²) in [7, 11) is 0. The van der Waals surface area contributed by atoms with Gasteiger partial charge >= 0.3 is 0 Å². The number of fused-ring (bicyclic) bond motifs is 3. The second-order valence-electron chi connectivity index (χ2n) is 5.29. The summed E-state index contributed by atoms with van der Waals surface area (Å²) in [6.07, 6.45) is 0. The summed E-state index contributed by atoms with van der Waals surface area (Å²) in [5.74, 6) is 1.08. The average molecular weight is 354 g/mol. The summed E-state index contributed by atoms with van der Waals surface area (Å²) in [5.41, 5.74) is 2.94. The fraction of sp³-hybridized carbons (Fsp3) is 0.118. The van der Waals surface area contributed by atoms with Crippen LogP contribution in [-0.4, -0.2) is 26.3 Å². The van der Waals surface area contributed by atoms with Crippen molar-refractivity contribution in [2.45, 2.75) is 11.9 Å². The molecule has 24 heavy (non-hydrogen) atoms. The topological polar surface area (TPSA) is 59.3 Å². The van der Waals surface area contributed by atoms with Gasteiger partial charge < -0.3 is 5.32 Å². The minimum atomic E-state index is -0.0555. The van der Waals surface area contributed by atoms with Crippen molar-refractivity contribution in [3.63, 3.8) is 0 Å². The van der Waals surface area contributed by atoms with Gasteiger partial charge in [-0.15, -0.1) is 21.5 Å². The van der Waals surface area contributed by atoms with Gasteiger partial charge in [0.15, 0.2) is 0 Å². The van der Waals surface area contributed by atoms with Crippen LogP contribution in [0.3, 0.4) is 0 Å². The summed E-state index contributed by atoms with van der Waals surface area (Å²) in [5, 5.41) is 14.2. The zero-order valence-corrected chi connectivity index (χ0v) is 14.5. The maximum Gasteiger partial charge on any atom is 0.234 e. The third-order valence-electron chi connectivity index (χ3n) is 3.65. The van der Waals surface area contributed by atoms with Crippen molar-refractivity contribution >= 4 is 50.4 Å². The van der Waals surface area contributed by atoms with E-state index in [1.807, 2.05) is 37.3 Å². The summed E-state index contributed by atoms with van der Waals surface area (Å²) in [6.45, 7) is 1.94. The zero-order chi connectivity index (χ0) is 16.5. The normalized spacial score (nSPS) is 11.2. The molecule has 7 heteroatoms. The molecule has 1 N–H and O–H groups in total. The number of hydrogen-bond donors (Lipinski definition) is 1. The van der Waals surface area contributed by atoms with Gasteiger partial charge in [-0.25, -0.2) is 0 Å².